The van der Waals surface area contributed by atoms with Crippen LogP contribution in [-0.2, 0) is 9.59 Å². The second kappa shape index (κ2) is 10.9. The SMILES string of the molecule is O=C/C=C/c1coc2ccc(OCCCOc3ccc4occ(/C=C/C=O)c(=O)c4c3)cc2c1=O. The van der Waals surface area contributed by atoms with Gasteiger partial charge < -0.3 is 18.3 Å². The molecule has 0 saturated heterocycles. The van der Waals surface area contributed by atoms with Crippen LogP contribution in [0.1, 0.15) is 17.5 Å². The number of hydrogen-bond donors (Lipinski definition) is 0. The summed E-state index contributed by atoms with van der Waals surface area (Å²) in [4.78, 5) is 46.1. The minimum absolute atomic E-state index is 0.260. The maximum absolute atomic E-state index is 12.6. The van der Waals surface area contributed by atoms with E-state index in [2.05, 4.69) is 0 Å². The van der Waals surface area contributed by atoms with Crippen LogP contribution in [0.5, 0.6) is 11.5 Å². The van der Waals surface area contributed by atoms with Crippen molar-refractivity contribution in [2.75, 3.05) is 13.2 Å². The van der Waals surface area contributed by atoms with Crippen LogP contribution < -0.4 is 20.3 Å². The highest BCUT2D eigenvalue weighted by molar-refractivity contribution is 5.83. The Morgan fingerprint density at radius 3 is 1.57 bits per heavy atom. The fourth-order valence-corrected chi connectivity index (χ4v) is 3.38. The van der Waals surface area contributed by atoms with E-state index in [4.69, 9.17) is 18.3 Å². The Hall–Kier alpha value is -4.72. The van der Waals surface area contributed by atoms with Crippen molar-refractivity contribution in [2.45, 2.75) is 6.42 Å². The zero-order valence-electron chi connectivity index (χ0n) is 18.5. The molecule has 0 atom stereocenters. The predicted octanol–water partition coefficient (Wildman–Crippen LogP) is 4.17. The number of benzene rings is 2. The molecule has 8 nitrogen and oxygen atoms in total. The molecule has 0 aliphatic carbocycles. The van der Waals surface area contributed by atoms with Gasteiger partial charge in [-0.1, -0.05) is 0 Å². The van der Waals surface area contributed by atoms with E-state index < -0.39 is 0 Å². The molecule has 4 rings (SSSR count). The van der Waals surface area contributed by atoms with Crippen molar-refractivity contribution in [3.8, 4) is 11.5 Å². The number of allylic oxidation sites excluding steroid dienone is 2. The van der Waals surface area contributed by atoms with Crippen LogP contribution >= 0.6 is 0 Å². The fourth-order valence-electron chi connectivity index (χ4n) is 3.38. The number of hydrogen-bond acceptors (Lipinski definition) is 8. The van der Waals surface area contributed by atoms with Gasteiger partial charge in [-0.15, -0.1) is 0 Å². The highest BCUT2D eigenvalue weighted by Gasteiger charge is 2.08. The monoisotopic (exact) mass is 472 g/mol. The molecule has 4 aromatic rings. The van der Waals surface area contributed by atoms with Gasteiger partial charge in [0, 0.05) is 6.42 Å². The van der Waals surface area contributed by atoms with E-state index in [0.717, 1.165) is 0 Å². The highest BCUT2D eigenvalue weighted by Crippen LogP contribution is 2.21. The predicted molar refractivity (Wildman–Crippen MR) is 131 cm³/mol. The number of carbonyl (C=O) groups excluding carboxylic acids is 2. The molecule has 0 N–H and O–H groups in total. The van der Waals surface area contributed by atoms with Gasteiger partial charge in [-0.2, -0.15) is 0 Å². The summed E-state index contributed by atoms with van der Waals surface area (Å²) in [5.74, 6) is 1.00. The van der Waals surface area contributed by atoms with E-state index in [1.807, 2.05) is 0 Å². The zero-order valence-corrected chi connectivity index (χ0v) is 18.5. The lowest BCUT2D eigenvalue weighted by Gasteiger charge is -2.09. The van der Waals surface area contributed by atoms with Gasteiger partial charge in [0.1, 0.15) is 47.8 Å². The molecule has 35 heavy (non-hydrogen) atoms. The molecule has 0 amide bonds. The second-order valence-corrected chi connectivity index (χ2v) is 7.40. The zero-order chi connectivity index (χ0) is 24.6. The van der Waals surface area contributed by atoms with Crippen molar-refractivity contribution < 1.29 is 27.9 Å². The molecular formula is C27H20O8. The Kier molecular flexibility index (Phi) is 7.32. The minimum atomic E-state index is -0.260. The van der Waals surface area contributed by atoms with Crippen molar-refractivity contribution in [1.29, 1.82) is 0 Å². The van der Waals surface area contributed by atoms with E-state index in [9.17, 15) is 19.2 Å². The Balaban J connectivity index is 1.37. The number of aldehydes is 2. The Bertz CT molecular complexity index is 1440. The summed E-state index contributed by atoms with van der Waals surface area (Å²) >= 11 is 0. The molecular weight excluding hydrogens is 452 g/mol. The highest BCUT2D eigenvalue weighted by atomic mass is 16.5. The molecule has 2 aromatic heterocycles. The van der Waals surface area contributed by atoms with Gasteiger partial charge in [-0.05, 0) is 60.7 Å². The summed E-state index contributed by atoms with van der Waals surface area (Å²) in [6.07, 6.45) is 9.57. The first-order valence-electron chi connectivity index (χ1n) is 10.7. The van der Waals surface area contributed by atoms with Crippen LogP contribution in [0.2, 0.25) is 0 Å². The van der Waals surface area contributed by atoms with Crippen molar-refractivity contribution in [3.05, 3.63) is 92.7 Å². The fraction of sp³-hybridized carbons (Fsp3) is 0.111. The van der Waals surface area contributed by atoms with Gasteiger partial charge in [0.15, 0.2) is 10.9 Å². The molecule has 0 unspecified atom stereocenters. The standard InChI is InChI=1S/C27H20O8/c28-10-1-4-18-16-34-24-8-6-20(14-22(24)26(18)30)32-12-3-13-33-21-7-9-25-23(15-21)27(31)19(17-35-25)5-2-11-29/h1-2,4-11,14-17H,3,12-13H2/b4-1+,5-2+. The van der Waals surface area contributed by atoms with Gasteiger partial charge >= 0.3 is 0 Å². The third-order valence-electron chi connectivity index (χ3n) is 5.08. The van der Waals surface area contributed by atoms with E-state index in [0.29, 0.717) is 65.6 Å². The van der Waals surface area contributed by atoms with Crippen molar-refractivity contribution in [2.24, 2.45) is 0 Å². The van der Waals surface area contributed by atoms with Gasteiger partial charge in [0.05, 0.1) is 35.1 Å². The minimum Gasteiger partial charge on any atom is -0.493 e. The third-order valence-corrected chi connectivity index (χ3v) is 5.08. The summed E-state index contributed by atoms with van der Waals surface area (Å²) in [6.45, 7) is 0.663. The first kappa shape index (κ1) is 23.4. The van der Waals surface area contributed by atoms with Crippen molar-refractivity contribution in [1.82, 2.24) is 0 Å². The topological polar surface area (TPSA) is 113 Å². The number of rotatable bonds is 10. The Morgan fingerprint density at radius 2 is 1.14 bits per heavy atom. The van der Waals surface area contributed by atoms with Gasteiger partial charge in [-0.25, -0.2) is 0 Å². The van der Waals surface area contributed by atoms with Crippen LogP contribution in [0, 0.1) is 0 Å². The average molecular weight is 472 g/mol. The summed E-state index contributed by atoms with van der Waals surface area (Å²) in [6, 6.07) is 9.89. The molecule has 0 aliphatic rings. The molecule has 2 heterocycles. The molecule has 0 saturated carbocycles. The lowest BCUT2D eigenvalue weighted by atomic mass is 10.1. The van der Waals surface area contributed by atoms with Crippen LogP contribution in [0.4, 0.5) is 0 Å². The van der Waals surface area contributed by atoms with Crippen molar-refractivity contribution >= 4 is 46.7 Å². The summed E-state index contributed by atoms with van der Waals surface area (Å²) in [5.41, 5.74) is 0.851. The van der Waals surface area contributed by atoms with E-state index in [-0.39, 0.29) is 22.0 Å². The van der Waals surface area contributed by atoms with Crippen molar-refractivity contribution in [3.63, 3.8) is 0 Å². The summed E-state index contributed by atoms with van der Waals surface area (Å²) < 4.78 is 22.4. The van der Waals surface area contributed by atoms with Gasteiger partial charge in [0.2, 0.25) is 0 Å². The summed E-state index contributed by atoms with van der Waals surface area (Å²) in [7, 11) is 0. The van der Waals surface area contributed by atoms with Crippen LogP contribution in [0.3, 0.4) is 0 Å². The van der Waals surface area contributed by atoms with Gasteiger partial charge in [-0.3, -0.25) is 19.2 Å². The molecule has 176 valence electrons. The van der Waals surface area contributed by atoms with Crippen LogP contribution in [-0.4, -0.2) is 25.8 Å². The average Bonchev–Trinajstić information content (AvgIpc) is 2.88. The molecule has 0 fully saturated rings. The maximum Gasteiger partial charge on any atom is 0.200 e. The van der Waals surface area contributed by atoms with E-state index >= 15 is 0 Å². The largest absolute Gasteiger partial charge is 0.493 e. The Morgan fingerprint density at radius 1 is 0.686 bits per heavy atom. The maximum atomic E-state index is 12.6. The van der Waals surface area contributed by atoms with Crippen LogP contribution in [0.25, 0.3) is 34.1 Å². The molecule has 0 spiro atoms. The molecule has 0 bridgehead atoms. The number of ether oxygens (including phenoxy) is 2. The normalized spacial score (nSPS) is 11.4. The lowest BCUT2D eigenvalue weighted by molar-refractivity contribution is -0.104. The third kappa shape index (κ3) is 5.44. The Labute approximate surface area is 198 Å². The van der Waals surface area contributed by atoms with Crippen LogP contribution in [0.15, 0.2) is 79.5 Å². The van der Waals surface area contributed by atoms with E-state index in [1.54, 1.807) is 36.4 Å². The smallest absolute Gasteiger partial charge is 0.200 e. The molecule has 0 aliphatic heterocycles. The molecule has 2 aromatic carbocycles. The quantitative estimate of drug-likeness (QED) is 0.192. The van der Waals surface area contributed by atoms with E-state index in [1.165, 1.54) is 36.8 Å². The summed E-state index contributed by atoms with van der Waals surface area (Å²) in [5, 5.41) is 0.702. The first-order valence-corrected chi connectivity index (χ1v) is 10.7. The van der Waals surface area contributed by atoms with Gasteiger partial charge in [0.25, 0.3) is 0 Å². The number of carbonyl (C=O) groups is 2. The second-order valence-electron chi connectivity index (χ2n) is 7.40. The molecule has 8 heteroatoms. The first-order chi connectivity index (χ1) is 17.1. The lowest BCUT2D eigenvalue weighted by Crippen LogP contribution is -2.08. The number of fused-ring (bicyclic) bond motifs is 2. The molecule has 0 radical (unpaired) electrons.